The second kappa shape index (κ2) is 6.01. The van der Waals surface area contributed by atoms with Crippen LogP contribution >= 0.6 is 0 Å². The van der Waals surface area contributed by atoms with Gasteiger partial charge in [0.05, 0.1) is 11.0 Å². The Morgan fingerprint density at radius 3 is 2.89 bits per heavy atom. The van der Waals surface area contributed by atoms with Crippen molar-refractivity contribution >= 4 is 11.0 Å². The normalized spacial score (nSPS) is 13.1. The number of nitrogens with zero attached hydrogens (tertiary/aromatic N) is 2. The Bertz CT molecular complexity index is 501. The summed E-state index contributed by atoms with van der Waals surface area (Å²) >= 11 is 0. The third-order valence-corrected chi connectivity index (χ3v) is 3.26. The number of rotatable bonds is 6. The van der Waals surface area contributed by atoms with Crippen LogP contribution in [-0.4, -0.2) is 22.6 Å². The Balaban J connectivity index is 2.08. The third-order valence-electron chi connectivity index (χ3n) is 3.26. The maximum atomic E-state index is 4.61. The van der Waals surface area contributed by atoms with Gasteiger partial charge in [-0.2, -0.15) is 0 Å². The average Bonchev–Trinajstić information content (AvgIpc) is 2.67. The molecular weight excluding hydrogens is 222 g/mol. The number of hydrogen-bond donors (Lipinski definition) is 1. The maximum absolute atomic E-state index is 4.61. The van der Waals surface area contributed by atoms with E-state index in [2.05, 4.69) is 53.8 Å². The molecule has 0 saturated heterocycles. The lowest BCUT2D eigenvalue weighted by molar-refractivity contribution is 0.447. The van der Waals surface area contributed by atoms with Crippen molar-refractivity contribution in [1.29, 1.82) is 0 Å². The fraction of sp³-hybridized carbons (Fsp3) is 0.533. The Morgan fingerprint density at radius 1 is 1.33 bits per heavy atom. The molecule has 0 spiro atoms. The van der Waals surface area contributed by atoms with E-state index in [1.165, 1.54) is 11.9 Å². The lowest BCUT2D eigenvalue weighted by atomic mass is 10.1. The van der Waals surface area contributed by atoms with E-state index in [0.717, 1.165) is 31.0 Å². The summed E-state index contributed by atoms with van der Waals surface area (Å²) < 4.78 is 2.33. The molecule has 0 aliphatic carbocycles. The summed E-state index contributed by atoms with van der Waals surface area (Å²) in [6.45, 7) is 9.78. The molecule has 0 amide bonds. The molecule has 1 aromatic heterocycles. The van der Waals surface area contributed by atoms with Crippen LogP contribution in [-0.2, 0) is 6.54 Å². The molecule has 0 aliphatic rings. The minimum atomic E-state index is 0.618. The zero-order valence-corrected chi connectivity index (χ0v) is 11.6. The minimum absolute atomic E-state index is 0.618. The maximum Gasteiger partial charge on any atom is 0.106 e. The minimum Gasteiger partial charge on any atom is -0.328 e. The number of para-hydroxylation sites is 2. The van der Waals surface area contributed by atoms with E-state index in [1.807, 2.05) is 6.07 Å². The van der Waals surface area contributed by atoms with Crippen molar-refractivity contribution in [2.75, 3.05) is 13.1 Å². The van der Waals surface area contributed by atoms with Crippen molar-refractivity contribution in [2.24, 2.45) is 5.92 Å². The van der Waals surface area contributed by atoms with Gasteiger partial charge in [0, 0.05) is 6.54 Å². The predicted octanol–water partition coefficient (Wildman–Crippen LogP) is 2.98. The lowest BCUT2D eigenvalue weighted by Gasteiger charge is -2.15. The summed E-state index contributed by atoms with van der Waals surface area (Å²) in [5.74, 6) is 1.73. The highest BCUT2D eigenvalue weighted by Crippen LogP contribution is 2.16. The van der Waals surface area contributed by atoms with E-state index < -0.39 is 0 Å². The fourth-order valence-corrected chi connectivity index (χ4v) is 2.33. The van der Waals surface area contributed by atoms with Gasteiger partial charge in [0.25, 0.3) is 0 Å². The van der Waals surface area contributed by atoms with E-state index in [0.29, 0.717) is 5.92 Å². The van der Waals surface area contributed by atoms with E-state index in [4.69, 9.17) is 0 Å². The number of aryl methyl sites for hydroxylation is 1. The van der Waals surface area contributed by atoms with Crippen molar-refractivity contribution in [3.05, 3.63) is 30.1 Å². The van der Waals surface area contributed by atoms with Gasteiger partial charge in [0.2, 0.25) is 0 Å². The van der Waals surface area contributed by atoms with Crippen LogP contribution in [0.4, 0.5) is 0 Å². The summed E-state index contributed by atoms with van der Waals surface area (Å²) in [6.07, 6.45) is 1.19. The Hall–Kier alpha value is -1.35. The molecule has 0 fully saturated rings. The molecule has 3 heteroatoms. The number of nitrogens with one attached hydrogen (secondary N) is 1. The molecule has 1 unspecified atom stereocenters. The monoisotopic (exact) mass is 245 g/mol. The van der Waals surface area contributed by atoms with Crippen LogP contribution in [0.1, 0.15) is 26.1 Å². The van der Waals surface area contributed by atoms with Gasteiger partial charge in [-0.05, 0) is 44.5 Å². The molecule has 2 aromatic rings. The lowest BCUT2D eigenvalue weighted by Crippen LogP contribution is -2.25. The second-order valence-electron chi connectivity index (χ2n) is 5.07. The zero-order valence-electron chi connectivity index (χ0n) is 11.6. The Labute approximate surface area is 109 Å². The van der Waals surface area contributed by atoms with E-state index >= 15 is 0 Å². The van der Waals surface area contributed by atoms with Gasteiger partial charge in [-0.25, -0.2) is 4.98 Å². The molecule has 98 valence electrons. The number of benzene rings is 1. The van der Waals surface area contributed by atoms with E-state index in [1.54, 1.807) is 0 Å². The van der Waals surface area contributed by atoms with Crippen LogP contribution in [0.3, 0.4) is 0 Å². The van der Waals surface area contributed by atoms with Crippen molar-refractivity contribution in [3.8, 4) is 0 Å². The summed E-state index contributed by atoms with van der Waals surface area (Å²) in [6, 6.07) is 8.37. The molecule has 18 heavy (non-hydrogen) atoms. The quantitative estimate of drug-likeness (QED) is 0.793. The first kappa shape index (κ1) is 13.1. The Kier molecular flexibility index (Phi) is 4.37. The molecule has 0 aliphatic heterocycles. The van der Waals surface area contributed by atoms with Gasteiger partial charge >= 0.3 is 0 Å². The molecule has 0 radical (unpaired) electrons. The largest absolute Gasteiger partial charge is 0.328 e. The number of imidazole rings is 1. The molecule has 0 bridgehead atoms. The highest BCUT2D eigenvalue weighted by molar-refractivity contribution is 5.75. The number of aromatic nitrogens is 2. The SMILES string of the molecule is CCCNCC(C)Cn1c(C)nc2ccccc21. The van der Waals surface area contributed by atoms with Crippen LogP contribution in [0, 0.1) is 12.8 Å². The fourth-order valence-electron chi connectivity index (χ4n) is 2.33. The zero-order chi connectivity index (χ0) is 13.0. The predicted molar refractivity (Wildman–Crippen MR) is 76.8 cm³/mol. The van der Waals surface area contributed by atoms with Crippen molar-refractivity contribution < 1.29 is 0 Å². The van der Waals surface area contributed by atoms with Crippen LogP contribution in [0.5, 0.6) is 0 Å². The van der Waals surface area contributed by atoms with Crippen molar-refractivity contribution in [3.63, 3.8) is 0 Å². The first-order chi connectivity index (χ1) is 8.72. The molecule has 2 rings (SSSR count). The van der Waals surface area contributed by atoms with E-state index in [-0.39, 0.29) is 0 Å². The third kappa shape index (κ3) is 2.91. The van der Waals surface area contributed by atoms with Gasteiger partial charge in [-0.15, -0.1) is 0 Å². The first-order valence-electron chi connectivity index (χ1n) is 6.85. The smallest absolute Gasteiger partial charge is 0.106 e. The summed E-state index contributed by atoms with van der Waals surface area (Å²) in [5, 5.41) is 3.48. The number of fused-ring (bicyclic) bond motifs is 1. The van der Waals surface area contributed by atoms with Crippen molar-refractivity contribution in [2.45, 2.75) is 33.7 Å². The van der Waals surface area contributed by atoms with Crippen LogP contribution in [0.15, 0.2) is 24.3 Å². The summed E-state index contributed by atoms with van der Waals surface area (Å²) in [4.78, 5) is 4.61. The molecule has 1 atom stereocenters. The van der Waals surface area contributed by atoms with Crippen LogP contribution in [0.25, 0.3) is 11.0 Å². The molecule has 1 heterocycles. The second-order valence-corrected chi connectivity index (χ2v) is 5.07. The summed E-state index contributed by atoms with van der Waals surface area (Å²) in [5.41, 5.74) is 2.35. The molecule has 1 aromatic carbocycles. The van der Waals surface area contributed by atoms with Gasteiger partial charge in [0.15, 0.2) is 0 Å². The molecule has 3 nitrogen and oxygen atoms in total. The summed E-state index contributed by atoms with van der Waals surface area (Å²) in [7, 11) is 0. The topological polar surface area (TPSA) is 29.9 Å². The standard InChI is InChI=1S/C15H23N3/c1-4-9-16-10-12(2)11-18-13(3)17-14-7-5-6-8-15(14)18/h5-8,12,16H,4,9-11H2,1-3H3. The highest BCUT2D eigenvalue weighted by atomic mass is 15.1. The van der Waals surface area contributed by atoms with E-state index in [9.17, 15) is 0 Å². The van der Waals surface area contributed by atoms with Crippen LogP contribution in [0.2, 0.25) is 0 Å². The van der Waals surface area contributed by atoms with Gasteiger partial charge in [-0.1, -0.05) is 26.0 Å². The molecule has 1 N–H and O–H groups in total. The van der Waals surface area contributed by atoms with Gasteiger partial charge < -0.3 is 9.88 Å². The first-order valence-corrected chi connectivity index (χ1v) is 6.85. The molecule has 0 saturated carbocycles. The number of hydrogen-bond acceptors (Lipinski definition) is 2. The van der Waals surface area contributed by atoms with Gasteiger partial charge in [0.1, 0.15) is 5.82 Å². The molecular formula is C15H23N3. The average molecular weight is 245 g/mol. The van der Waals surface area contributed by atoms with Gasteiger partial charge in [-0.3, -0.25) is 0 Å². The Morgan fingerprint density at radius 2 is 2.11 bits per heavy atom. The van der Waals surface area contributed by atoms with Crippen LogP contribution < -0.4 is 5.32 Å². The van der Waals surface area contributed by atoms with Crippen molar-refractivity contribution in [1.82, 2.24) is 14.9 Å². The highest BCUT2D eigenvalue weighted by Gasteiger charge is 2.09.